The van der Waals surface area contributed by atoms with Crippen LogP contribution in [0.4, 0.5) is 5.69 Å². The number of hydrogen-bond donors (Lipinski definition) is 2. The summed E-state index contributed by atoms with van der Waals surface area (Å²) in [6.45, 7) is 18.4. The first-order chi connectivity index (χ1) is 21.9. The lowest BCUT2D eigenvalue weighted by Gasteiger charge is -2.30. The van der Waals surface area contributed by atoms with Gasteiger partial charge in [0.1, 0.15) is 17.2 Å². The van der Waals surface area contributed by atoms with Crippen LogP contribution >= 0.6 is 0 Å². The second kappa shape index (κ2) is 15.7. The van der Waals surface area contributed by atoms with Gasteiger partial charge in [-0.15, -0.1) is 0 Å². The molecule has 2 heterocycles. The summed E-state index contributed by atoms with van der Waals surface area (Å²) >= 11 is 0. The predicted octanol–water partition coefficient (Wildman–Crippen LogP) is 8.84. The Hall–Kier alpha value is -4.40. The summed E-state index contributed by atoms with van der Waals surface area (Å²) in [5.74, 6) is 2.78. The van der Waals surface area contributed by atoms with Crippen LogP contribution in [0.5, 0.6) is 40.2 Å². The van der Waals surface area contributed by atoms with Gasteiger partial charge in [-0.2, -0.15) is 0 Å². The fraction of sp³-hybridized carbons (Fsp3) is 0.459. The highest BCUT2D eigenvalue weighted by molar-refractivity contribution is 6.04. The third kappa shape index (κ3) is 8.65. The quantitative estimate of drug-likeness (QED) is 0.226. The molecule has 0 saturated carbocycles. The third-order valence-electron chi connectivity index (χ3n) is 8.13. The van der Waals surface area contributed by atoms with Crippen molar-refractivity contribution in [3.8, 4) is 40.2 Å². The number of phenolic OH excluding ortho intramolecular Hbond substituents is 2. The minimum Gasteiger partial charge on any atom is -0.504 e. The van der Waals surface area contributed by atoms with Gasteiger partial charge >= 0.3 is 0 Å². The Bertz CT molecular complexity index is 1520. The van der Waals surface area contributed by atoms with E-state index in [1.54, 1.807) is 25.3 Å². The van der Waals surface area contributed by atoms with Crippen LogP contribution in [0.3, 0.4) is 0 Å². The maximum atomic E-state index is 12.8. The van der Waals surface area contributed by atoms with E-state index in [9.17, 15) is 15.0 Å². The fourth-order valence-corrected chi connectivity index (χ4v) is 4.96. The number of phenols is 2. The van der Waals surface area contributed by atoms with Gasteiger partial charge < -0.3 is 34.1 Å². The van der Waals surface area contributed by atoms with E-state index in [-0.39, 0.29) is 28.4 Å². The van der Waals surface area contributed by atoms with E-state index in [1.165, 1.54) is 12.1 Å². The minimum absolute atomic E-state index is 0.0175. The van der Waals surface area contributed by atoms with Gasteiger partial charge in [-0.1, -0.05) is 34.6 Å². The first-order valence-electron chi connectivity index (χ1n) is 16.0. The molecule has 9 nitrogen and oxygen atoms in total. The van der Waals surface area contributed by atoms with Crippen LogP contribution in [0, 0.1) is 12.3 Å². The number of hydrogen-bond acceptors (Lipinski definition) is 8. The van der Waals surface area contributed by atoms with Gasteiger partial charge in [0.25, 0.3) is 5.91 Å². The number of aryl methyl sites for hydroxylation is 1. The van der Waals surface area contributed by atoms with E-state index in [2.05, 4.69) is 32.7 Å². The van der Waals surface area contributed by atoms with Crippen molar-refractivity contribution in [1.29, 1.82) is 0 Å². The molecule has 46 heavy (non-hydrogen) atoms. The van der Waals surface area contributed by atoms with Gasteiger partial charge in [0.15, 0.2) is 23.0 Å². The second-order valence-corrected chi connectivity index (χ2v) is 12.1. The molecule has 0 spiro atoms. The number of carbonyl (C=O) groups is 1. The standard InChI is InChI=1S/C19H24O4.C16H20N2O3.C2H6/c1-5-19(3,4)12-22-14-7-9-18(13(2)10-14)23-15-6-8-16(20)17(21)11-15;1-4-21-14-9-12-11(8-13(14)20-3)15(19)18-7-5-6-16(18,2)10-17-12;1-2/h6-11,20-21H,5,12H2,1-4H3;8-10H,4-7H2,1-3H3;1-2H3. The number of aromatic hydroxyl groups is 2. The van der Waals surface area contributed by atoms with E-state index in [4.69, 9.17) is 18.9 Å². The van der Waals surface area contributed by atoms with Crippen molar-refractivity contribution in [1.82, 2.24) is 4.90 Å². The van der Waals surface area contributed by atoms with Crippen LogP contribution < -0.4 is 18.9 Å². The molecule has 2 N–H and O–H groups in total. The topological polar surface area (TPSA) is 110 Å². The summed E-state index contributed by atoms with van der Waals surface area (Å²) in [5.41, 5.74) is 2.03. The van der Waals surface area contributed by atoms with Gasteiger partial charge in [-0.05, 0) is 87.4 Å². The number of carbonyl (C=O) groups excluding carboxylic acids is 1. The van der Waals surface area contributed by atoms with Gasteiger partial charge in [0, 0.05) is 24.9 Å². The smallest absolute Gasteiger partial charge is 0.256 e. The molecule has 2 aliphatic rings. The zero-order valence-electron chi connectivity index (χ0n) is 28.8. The summed E-state index contributed by atoms with van der Waals surface area (Å²) < 4.78 is 22.5. The Kier molecular flexibility index (Phi) is 12.3. The van der Waals surface area contributed by atoms with Gasteiger partial charge in [0.05, 0.1) is 37.1 Å². The largest absolute Gasteiger partial charge is 0.504 e. The number of amides is 1. The number of benzene rings is 3. The highest BCUT2D eigenvalue weighted by atomic mass is 16.5. The van der Waals surface area contributed by atoms with Crippen LogP contribution in [0.25, 0.3) is 0 Å². The normalized spacial score (nSPS) is 16.5. The van der Waals surface area contributed by atoms with Gasteiger partial charge in [-0.25, -0.2) is 0 Å². The molecule has 9 heteroatoms. The Labute approximate surface area is 273 Å². The molecule has 1 atom stereocenters. The van der Waals surface area contributed by atoms with Crippen LogP contribution in [0.15, 0.2) is 53.5 Å². The fourth-order valence-electron chi connectivity index (χ4n) is 4.96. The zero-order chi connectivity index (χ0) is 34.1. The minimum atomic E-state index is -0.283. The molecule has 3 aromatic rings. The van der Waals surface area contributed by atoms with Crippen molar-refractivity contribution in [3.05, 3.63) is 59.7 Å². The van der Waals surface area contributed by atoms with Crippen molar-refractivity contribution in [2.75, 3.05) is 26.9 Å². The van der Waals surface area contributed by atoms with Crippen molar-refractivity contribution in [2.45, 2.75) is 80.2 Å². The summed E-state index contributed by atoms with van der Waals surface area (Å²) in [6, 6.07) is 13.5. The Morgan fingerprint density at radius 1 is 0.935 bits per heavy atom. The van der Waals surface area contributed by atoms with E-state index in [0.717, 1.165) is 37.1 Å². The lowest BCUT2D eigenvalue weighted by atomic mass is 9.92. The molecule has 250 valence electrons. The van der Waals surface area contributed by atoms with Crippen molar-refractivity contribution in [3.63, 3.8) is 0 Å². The number of aliphatic imine (C=N–C) groups is 1. The molecule has 3 aromatic carbocycles. The number of rotatable bonds is 9. The highest BCUT2D eigenvalue weighted by Gasteiger charge is 2.41. The predicted molar refractivity (Wildman–Crippen MR) is 183 cm³/mol. The summed E-state index contributed by atoms with van der Waals surface area (Å²) in [7, 11) is 1.58. The molecule has 2 aliphatic heterocycles. The molecule has 0 radical (unpaired) electrons. The first kappa shape index (κ1) is 36.1. The molecule has 5 rings (SSSR count). The van der Waals surface area contributed by atoms with Crippen LogP contribution in [0.2, 0.25) is 0 Å². The van der Waals surface area contributed by atoms with Crippen molar-refractivity contribution < 1.29 is 34.0 Å². The monoisotopic (exact) mass is 634 g/mol. The van der Waals surface area contributed by atoms with Gasteiger partial charge in [-0.3, -0.25) is 9.79 Å². The molecule has 1 unspecified atom stereocenters. The summed E-state index contributed by atoms with van der Waals surface area (Å²) in [5, 5.41) is 18.8. The summed E-state index contributed by atoms with van der Waals surface area (Å²) in [4.78, 5) is 19.3. The van der Waals surface area contributed by atoms with Gasteiger partial charge in [0.2, 0.25) is 0 Å². The zero-order valence-corrected chi connectivity index (χ0v) is 28.8. The molecular formula is C37H50N2O7. The SMILES string of the molecule is CC.CCC(C)(C)COc1ccc(Oc2ccc(O)c(O)c2)c(C)c1.CCOc1cc2c(cc1OC)C(=O)N1CCCC1(C)C=N2. The van der Waals surface area contributed by atoms with Crippen LogP contribution in [0.1, 0.15) is 83.7 Å². The lowest BCUT2D eigenvalue weighted by molar-refractivity contribution is 0.0712. The number of methoxy groups -OCH3 is 1. The molecule has 0 aliphatic carbocycles. The Morgan fingerprint density at radius 2 is 1.65 bits per heavy atom. The van der Waals surface area contributed by atoms with E-state index in [1.807, 2.05) is 57.0 Å². The maximum absolute atomic E-state index is 12.8. The molecule has 1 amide bonds. The molecule has 0 aromatic heterocycles. The van der Waals surface area contributed by atoms with E-state index in [0.29, 0.717) is 47.5 Å². The van der Waals surface area contributed by atoms with Crippen LogP contribution in [-0.4, -0.2) is 59.6 Å². The first-order valence-corrected chi connectivity index (χ1v) is 16.0. The average molecular weight is 635 g/mol. The van der Waals surface area contributed by atoms with Crippen molar-refractivity contribution >= 4 is 17.8 Å². The number of nitrogens with zero attached hydrogens (tertiary/aromatic N) is 2. The Morgan fingerprint density at radius 3 is 2.28 bits per heavy atom. The van der Waals surface area contributed by atoms with E-state index < -0.39 is 0 Å². The summed E-state index contributed by atoms with van der Waals surface area (Å²) in [6.07, 6.45) is 4.91. The molecule has 1 saturated heterocycles. The van der Waals surface area contributed by atoms with E-state index >= 15 is 0 Å². The molecule has 0 bridgehead atoms. The lowest BCUT2D eigenvalue weighted by Crippen LogP contribution is -2.45. The van der Waals surface area contributed by atoms with Crippen LogP contribution in [-0.2, 0) is 0 Å². The second-order valence-electron chi connectivity index (χ2n) is 12.1. The molecular weight excluding hydrogens is 584 g/mol. The molecule has 1 fully saturated rings. The number of ether oxygens (including phenoxy) is 4. The third-order valence-corrected chi connectivity index (χ3v) is 8.13. The maximum Gasteiger partial charge on any atom is 0.256 e. The Balaban J connectivity index is 0.000000238. The average Bonchev–Trinajstić information content (AvgIpc) is 3.40. The number of fused-ring (bicyclic) bond motifs is 2. The highest BCUT2D eigenvalue weighted by Crippen LogP contribution is 2.40. The van der Waals surface area contributed by atoms with Crippen molar-refractivity contribution in [2.24, 2.45) is 10.4 Å².